The van der Waals surface area contributed by atoms with E-state index in [2.05, 4.69) is 5.32 Å². The first-order valence-electron chi connectivity index (χ1n) is 8.94. The Bertz CT molecular complexity index is 1160. The van der Waals surface area contributed by atoms with Gasteiger partial charge in [0, 0.05) is 10.1 Å². The summed E-state index contributed by atoms with van der Waals surface area (Å²) in [6, 6.07) is 21.2. The van der Waals surface area contributed by atoms with Crippen LogP contribution in [0.5, 0.6) is 5.75 Å². The van der Waals surface area contributed by atoms with E-state index in [1.54, 1.807) is 13.2 Å². The number of halogens is 2. The van der Waals surface area contributed by atoms with Crippen molar-refractivity contribution in [3.05, 3.63) is 99.6 Å². The molecule has 1 heterocycles. The molecule has 0 fully saturated rings. The highest BCUT2D eigenvalue weighted by Crippen LogP contribution is 2.36. The molecule has 1 atom stereocenters. The molecule has 3 aromatic carbocycles. The minimum Gasteiger partial charge on any atom is -0.497 e. The van der Waals surface area contributed by atoms with Gasteiger partial charge in [0.15, 0.2) is 0 Å². The standard InChI is InChI=1S/C23H17ClFNO2S/c1-28-17-10-7-15(8-11-17)21(14-5-3-2-4-6-14)26-23(27)22-20(24)18-12-9-16(25)13-19(18)29-22/h2-13,21H,1H3,(H,26,27). The summed E-state index contributed by atoms with van der Waals surface area (Å²) in [4.78, 5) is 13.5. The average Bonchev–Trinajstić information content (AvgIpc) is 3.08. The summed E-state index contributed by atoms with van der Waals surface area (Å²) in [6.07, 6.45) is 0. The van der Waals surface area contributed by atoms with Crippen LogP contribution in [-0.2, 0) is 0 Å². The van der Waals surface area contributed by atoms with Crippen LogP contribution >= 0.6 is 22.9 Å². The molecule has 0 aliphatic rings. The fourth-order valence-electron chi connectivity index (χ4n) is 3.18. The fraction of sp³-hybridized carbons (Fsp3) is 0.0870. The second-order valence-electron chi connectivity index (χ2n) is 6.48. The lowest BCUT2D eigenvalue weighted by Crippen LogP contribution is -2.28. The monoisotopic (exact) mass is 425 g/mol. The Balaban J connectivity index is 1.70. The maximum Gasteiger partial charge on any atom is 0.263 e. The Morgan fingerprint density at radius 2 is 1.72 bits per heavy atom. The number of benzene rings is 3. The van der Waals surface area contributed by atoms with Crippen LogP contribution in [0.25, 0.3) is 10.1 Å². The number of fused-ring (bicyclic) bond motifs is 1. The van der Waals surface area contributed by atoms with Crippen LogP contribution in [0.4, 0.5) is 4.39 Å². The number of rotatable bonds is 5. The zero-order chi connectivity index (χ0) is 20.4. The van der Waals surface area contributed by atoms with Gasteiger partial charge in [0.25, 0.3) is 5.91 Å². The molecule has 6 heteroatoms. The minimum absolute atomic E-state index is 0.304. The van der Waals surface area contributed by atoms with E-state index in [9.17, 15) is 9.18 Å². The Kier molecular flexibility index (Phi) is 5.51. The molecule has 0 radical (unpaired) electrons. The van der Waals surface area contributed by atoms with E-state index in [-0.39, 0.29) is 17.8 Å². The topological polar surface area (TPSA) is 38.3 Å². The number of methoxy groups -OCH3 is 1. The lowest BCUT2D eigenvalue weighted by atomic mass is 9.98. The molecular formula is C23H17ClFNO2S. The highest BCUT2D eigenvalue weighted by Gasteiger charge is 2.22. The number of nitrogens with one attached hydrogen (secondary N) is 1. The number of amides is 1. The number of ether oxygens (including phenoxy) is 1. The van der Waals surface area contributed by atoms with Gasteiger partial charge >= 0.3 is 0 Å². The molecule has 1 N–H and O–H groups in total. The summed E-state index contributed by atoms with van der Waals surface area (Å²) in [5.41, 5.74) is 1.85. The van der Waals surface area contributed by atoms with Gasteiger partial charge in [0.2, 0.25) is 0 Å². The van der Waals surface area contributed by atoms with Crippen LogP contribution in [0.2, 0.25) is 5.02 Å². The lowest BCUT2D eigenvalue weighted by Gasteiger charge is -2.20. The van der Waals surface area contributed by atoms with E-state index in [1.165, 1.54) is 23.5 Å². The molecule has 0 bridgehead atoms. The quantitative estimate of drug-likeness (QED) is 0.412. The second kappa shape index (κ2) is 8.23. The van der Waals surface area contributed by atoms with Crippen LogP contribution in [0.15, 0.2) is 72.8 Å². The molecule has 0 saturated heterocycles. The van der Waals surface area contributed by atoms with Gasteiger partial charge in [-0.1, -0.05) is 54.1 Å². The summed E-state index contributed by atoms with van der Waals surface area (Å²) in [5, 5.41) is 4.08. The van der Waals surface area contributed by atoms with Crippen molar-refractivity contribution in [3.8, 4) is 5.75 Å². The Morgan fingerprint density at radius 1 is 1.03 bits per heavy atom. The van der Waals surface area contributed by atoms with Gasteiger partial charge in [-0.15, -0.1) is 11.3 Å². The van der Waals surface area contributed by atoms with E-state index in [0.717, 1.165) is 16.9 Å². The van der Waals surface area contributed by atoms with Crippen molar-refractivity contribution in [3.63, 3.8) is 0 Å². The Hall–Kier alpha value is -2.89. The summed E-state index contributed by atoms with van der Waals surface area (Å²) in [5.74, 6) is 0.0746. The first-order valence-corrected chi connectivity index (χ1v) is 10.1. The van der Waals surface area contributed by atoms with Crippen LogP contribution in [0.3, 0.4) is 0 Å². The predicted molar refractivity (Wildman–Crippen MR) is 116 cm³/mol. The zero-order valence-corrected chi connectivity index (χ0v) is 17.1. The highest BCUT2D eigenvalue weighted by atomic mass is 35.5. The van der Waals surface area contributed by atoms with Gasteiger partial charge in [0.1, 0.15) is 16.4 Å². The third kappa shape index (κ3) is 3.97. The van der Waals surface area contributed by atoms with Crippen LogP contribution in [0, 0.1) is 5.82 Å². The second-order valence-corrected chi connectivity index (χ2v) is 7.91. The fourth-order valence-corrected chi connectivity index (χ4v) is 4.63. The molecule has 4 aromatic rings. The number of hydrogen-bond donors (Lipinski definition) is 1. The largest absolute Gasteiger partial charge is 0.497 e. The molecular weight excluding hydrogens is 409 g/mol. The third-order valence-corrected chi connectivity index (χ3v) is 6.31. The van der Waals surface area contributed by atoms with Crippen molar-refractivity contribution >= 4 is 38.9 Å². The van der Waals surface area contributed by atoms with Gasteiger partial charge < -0.3 is 10.1 Å². The number of carbonyl (C=O) groups is 1. The van der Waals surface area contributed by atoms with Crippen molar-refractivity contribution in [1.82, 2.24) is 5.32 Å². The van der Waals surface area contributed by atoms with Gasteiger partial charge in [-0.25, -0.2) is 4.39 Å². The lowest BCUT2D eigenvalue weighted by molar-refractivity contribution is 0.0947. The van der Waals surface area contributed by atoms with Crippen molar-refractivity contribution in [1.29, 1.82) is 0 Å². The van der Waals surface area contributed by atoms with Crippen molar-refractivity contribution < 1.29 is 13.9 Å². The first kappa shape index (κ1) is 19.4. The number of thiophene rings is 1. The molecule has 0 saturated carbocycles. The van der Waals surface area contributed by atoms with E-state index in [0.29, 0.717) is 20.0 Å². The SMILES string of the molecule is COc1ccc(C(NC(=O)c2sc3cc(F)ccc3c2Cl)c2ccccc2)cc1. The summed E-state index contributed by atoms with van der Waals surface area (Å²) in [7, 11) is 1.61. The molecule has 1 aromatic heterocycles. The van der Waals surface area contributed by atoms with Gasteiger partial charge in [-0.2, -0.15) is 0 Å². The van der Waals surface area contributed by atoms with E-state index in [4.69, 9.17) is 16.3 Å². The number of hydrogen-bond acceptors (Lipinski definition) is 3. The number of carbonyl (C=O) groups excluding carboxylic acids is 1. The van der Waals surface area contributed by atoms with Gasteiger partial charge in [-0.3, -0.25) is 4.79 Å². The Morgan fingerprint density at radius 3 is 2.41 bits per heavy atom. The van der Waals surface area contributed by atoms with Crippen molar-refractivity contribution in [2.24, 2.45) is 0 Å². The molecule has 4 rings (SSSR count). The normalized spacial score (nSPS) is 12.0. The van der Waals surface area contributed by atoms with Gasteiger partial charge in [0.05, 0.1) is 18.2 Å². The van der Waals surface area contributed by atoms with Crippen molar-refractivity contribution in [2.75, 3.05) is 7.11 Å². The molecule has 146 valence electrons. The maximum absolute atomic E-state index is 13.5. The predicted octanol–water partition coefficient (Wildman–Crippen LogP) is 6.22. The maximum atomic E-state index is 13.5. The van der Waals surface area contributed by atoms with E-state index in [1.807, 2.05) is 54.6 Å². The molecule has 1 amide bonds. The average molecular weight is 426 g/mol. The van der Waals surface area contributed by atoms with Crippen LogP contribution in [-0.4, -0.2) is 13.0 Å². The van der Waals surface area contributed by atoms with E-state index >= 15 is 0 Å². The minimum atomic E-state index is -0.368. The summed E-state index contributed by atoms with van der Waals surface area (Å²) >= 11 is 7.61. The molecule has 0 spiro atoms. The zero-order valence-electron chi connectivity index (χ0n) is 15.5. The summed E-state index contributed by atoms with van der Waals surface area (Å²) < 4.78 is 19.4. The molecule has 0 aliphatic heterocycles. The van der Waals surface area contributed by atoms with Crippen LogP contribution in [0.1, 0.15) is 26.8 Å². The van der Waals surface area contributed by atoms with Crippen LogP contribution < -0.4 is 10.1 Å². The first-order chi connectivity index (χ1) is 14.1. The van der Waals surface area contributed by atoms with Crippen molar-refractivity contribution in [2.45, 2.75) is 6.04 Å². The van der Waals surface area contributed by atoms with Gasteiger partial charge in [-0.05, 0) is 41.5 Å². The third-order valence-electron chi connectivity index (χ3n) is 4.66. The highest BCUT2D eigenvalue weighted by molar-refractivity contribution is 7.21. The molecule has 0 aliphatic carbocycles. The Labute approximate surface area is 176 Å². The van der Waals surface area contributed by atoms with E-state index < -0.39 is 0 Å². The smallest absolute Gasteiger partial charge is 0.263 e. The molecule has 3 nitrogen and oxygen atoms in total. The molecule has 29 heavy (non-hydrogen) atoms. The summed E-state index contributed by atoms with van der Waals surface area (Å²) in [6.45, 7) is 0. The molecule has 1 unspecified atom stereocenters.